The molecule has 1 aliphatic heterocycles. The van der Waals surface area contributed by atoms with Crippen molar-refractivity contribution in [1.29, 1.82) is 0 Å². The van der Waals surface area contributed by atoms with Gasteiger partial charge in [0.25, 0.3) is 0 Å². The molecule has 0 aliphatic carbocycles. The van der Waals surface area contributed by atoms with Gasteiger partial charge >= 0.3 is 0 Å². The third-order valence-electron chi connectivity index (χ3n) is 3.47. The van der Waals surface area contributed by atoms with Gasteiger partial charge in [0.05, 0.1) is 12.2 Å². The van der Waals surface area contributed by atoms with Gasteiger partial charge in [-0.3, -0.25) is 0 Å². The minimum Gasteiger partial charge on any atom is -0.374 e. The maximum absolute atomic E-state index is 6.07. The first-order chi connectivity index (χ1) is 8.28. The van der Waals surface area contributed by atoms with E-state index in [2.05, 4.69) is 43.8 Å². The average molecular weight is 230 g/mol. The Kier molecular flexibility index (Phi) is 4.38. The zero-order chi connectivity index (χ0) is 12.1. The van der Waals surface area contributed by atoms with Crippen LogP contribution < -0.4 is 0 Å². The minimum absolute atomic E-state index is 0.376. The van der Waals surface area contributed by atoms with Crippen molar-refractivity contribution in [2.45, 2.75) is 51.2 Å². The van der Waals surface area contributed by atoms with Gasteiger partial charge in [-0.2, -0.15) is 0 Å². The molecule has 92 valence electrons. The Morgan fingerprint density at radius 2 is 1.88 bits per heavy atom. The first kappa shape index (κ1) is 12.4. The second kappa shape index (κ2) is 6.02. The molecule has 1 nitrogen and oxygen atoms in total. The Morgan fingerprint density at radius 3 is 2.59 bits per heavy atom. The molecule has 0 amide bonds. The van der Waals surface area contributed by atoms with Gasteiger partial charge in [0.15, 0.2) is 0 Å². The first-order valence-electron chi connectivity index (χ1n) is 6.64. The van der Waals surface area contributed by atoms with E-state index >= 15 is 0 Å². The van der Waals surface area contributed by atoms with Crippen LogP contribution in [0, 0.1) is 0 Å². The van der Waals surface area contributed by atoms with Gasteiger partial charge in [0.2, 0.25) is 0 Å². The molecule has 1 heterocycles. The van der Waals surface area contributed by atoms with Gasteiger partial charge in [0, 0.05) is 0 Å². The van der Waals surface area contributed by atoms with Crippen LogP contribution in [0.25, 0.3) is 0 Å². The predicted molar refractivity (Wildman–Crippen MR) is 72.1 cm³/mol. The van der Waals surface area contributed by atoms with Crippen molar-refractivity contribution in [2.75, 3.05) is 0 Å². The van der Waals surface area contributed by atoms with E-state index in [1.54, 1.807) is 0 Å². The molecule has 1 aromatic rings. The van der Waals surface area contributed by atoms with Crippen molar-refractivity contribution < 1.29 is 4.74 Å². The zero-order valence-electron chi connectivity index (χ0n) is 10.7. The van der Waals surface area contributed by atoms with Gasteiger partial charge in [-0.1, -0.05) is 49.4 Å². The molecule has 1 aliphatic rings. The van der Waals surface area contributed by atoms with Crippen LogP contribution >= 0.6 is 0 Å². The summed E-state index contributed by atoms with van der Waals surface area (Å²) < 4.78 is 6.07. The monoisotopic (exact) mass is 230 g/mol. The van der Waals surface area contributed by atoms with Crippen molar-refractivity contribution in [1.82, 2.24) is 0 Å². The lowest BCUT2D eigenvalue weighted by atomic mass is 9.94. The molecule has 0 radical (unpaired) electrons. The third-order valence-corrected chi connectivity index (χ3v) is 3.47. The molecule has 1 aromatic carbocycles. The Hall–Kier alpha value is -1.08. The number of ether oxygens (including phenoxy) is 1. The summed E-state index contributed by atoms with van der Waals surface area (Å²) in [6, 6.07) is 10.6. The van der Waals surface area contributed by atoms with Crippen LogP contribution in [0.5, 0.6) is 0 Å². The van der Waals surface area contributed by atoms with E-state index in [-0.39, 0.29) is 0 Å². The number of rotatable bonds is 4. The summed E-state index contributed by atoms with van der Waals surface area (Å²) in [5.41, 5.74) is 2.77. The molecule has 2 atom stereocenters. The molecule has 1 saturated heterocycles. The highest BCUT2D eigenvalue weighted by Crippen LogP contribution is 2.27. The largest absolute Gasteiger partial charge is 0.374 e. The van der Waals surface area contributed by atoms with Gasteiger partial charge in [-0.05, 0) is 37.7 Å². The summed E-state index contributed by atoms with van der Waals surface area (Å²) in [6.45, 7) is 6.33. The number of hydrogen-bond acceptors (Lipinski definition) is 1. The highest BCUT2D eigenvalue weighted by molar-refractivity contribution is 5.15. The lowest BCUT2D eigenvalue weighted by Crippen LogP contribution is -2.28. The summed E-state index contributed by atoms with van der Waals surface area (Å²) in [4.78, 5) is 0. The van der Waals surface area contributed by atoms with Crippen LogP contribution in [0.2, 0.25) is 0 Å². The van der Waals surface area contributed by atoms with Crippen molar-refractivity contribution in [3.05, 3.63) is 48.0 Å². The molecule has 0 N–H and O–H groups in total. The zero-order valence-corrected chi connectivity index (χ0v) is 10.7. The van der Waals surface area contributed by atoms with E-state index in [0.717, 1.165) is 32.1 Å². The van der Waals surface area contributed by atoms with Crippen molar-refractivity contribution in [3.63, 3.8) is 0 Å². The van der Waals surface area contributed by atoms with Gasteiger partial charge in [0.1, 0.15) is 0 Å². The Balaban J connectivity index is 1.84. The number of benzene rings is 1. The topological polar surface area (TPSA) is 9.23 Å². The van der Waals surface area contributed by atoms with E-state index in [4.69, 9.17) is 4.74 Å². The fourth-order valence-electron chi connectivity index (χ4n) is 2.48. The standard InChI is InChI=1S/C16H22O/c1-3-15-11-13(2)12-16(17-15)10-9-14-7-5-4-6-8-14/h4-8,15-16H,2-3,9-12H2,1H3/t15-,16+/m1/s1. The van der Waals surface area contributed by atoms with E-state index in [1.807, 2.05) is 0 Å². The average Bonchev–Trinajstić information content (AvgIpc) is 2.37. The van der Waals surface area contributed by atoms with Crippen LogP contribution in [-0.4, -0.2) is 12.2 Å². The molecule has 1 heteroatoms. The van der Waals surface area contributed by atoms with Crippen molar-refractivity contribution >= 4 is 0 Å². The third kappa shape index (κ3) is 3.71. The van der Waals surface area contributed by atoms with Crippen molar-refractivity contribution in [2.24, 2.45) is 0 Å². The first-order valence-corrected chi connectivity index (χ1v) is 6.64. The van der Waals surface area contributed by atoms with Crippen LogP contribution in [-0.2, 0) is 11.2 Å². The van der Waals surface area contributed by atoms with Gasteiger partial charge in [-0.15, -0.1) is 0 Å². The van der Waals surface area contributed by atoms with E-state index in [1.165, 1.54) is 11.1 Å². The lowest BCUT2D eigenvalue weighted by Gasteiger charge is -2.31. The highest BCUT2D eigenvalue weighted by atomic mass is 16.5. The predicted octanol–water partition coefficient (Wildman–Crippen LogP) is 4.13. The molecule has 0 spiro atoms. The Labute approximate surface area is 104 Å². The lowest BCUT2D eigenvalue weighted by molar-refractivity contribution is -0.0356. The Morgan fingerprint density at radius 1 is 1.18 bits per heavy atom. The summed E-state index contributed by atoms with van der Waals surface area (Å²) in [7, 11) is 0. The molecule has 0 bridgehead atoms. The quantitative estimate of drug-likeness (QED) is 0.707. The van der Waals surface area contributed by atoms with Crippen LogP contribution in [0.3, 0.4) is 0 Å². The fourth-order valence-corrected chi connectivity index (χ4v) is 2.48. The molecule has 0 unspecified atom stereocenters. The maximum Gasteiger partial charge on any atom is 0.0619 e. The Bertz CT molecular complexity index is 355. The second-order valence-corrected chi connectivity index (χ2v) is 4.97. The van der Waals surface area contributed by atoms with E-state index in [9.17, 15) is 0 Å². The minimum atomic E-state index is 0.376. The molecule has 0 saturated carbocycles. The summed E-state index contributed by atoms with van der Waals surface area (Å²) >= 11 is 0. The molecule has 1 fully saturated rings. The normalized spacial score (nSPS) is 24.9. The summed E-state index contributed by atoms with van der Waals surface area (Å²) in [5, 5.41) is 0. The molecule has 0 aromatic heterocycles. The molecular weight excluding hydrogens is 208 g/mol. The smallest absolute Gasteiger partial charge is 0.0619 e. The van der Waals surface area contributed by atoms with Crippen LogP contribution in [0.1, 0.15) is 38.2 Å². The molecule has 17 heavy (non-hydrogen) atoms. The van der Waals surface area contributed by atoms with E-state index < -0.39 is 0 Å². The highest BCUT2D eigenvalue weighted by Gasteiger charge is 2.22. The fraction of sp³-hybridized carbons (Fsp3) is 0.500. The van der Waals surface area contributed by atoms with Gasteiger partial charge < -0.3 is 4.74 Å². The molecule has 2 rings (SSSR count). The van der Waals surface area contributed by atoms with E-state index in [0.29, 0.717) is 12.2 Å². The number of hydrogen-bond donors (Lipinski definition) is 0. The summed E-state index contributed by atoms with van der Waals surface area (Å²) in [5.74, 6) is 0. The SMILES string of the molecule is C=C1C[C@@H](CC)O[C@@H](CCc2ccccc2)C1. The summed E-state index contributed by atoms with van der Waals surface area (Å²) in [6.07, 6.45) is 6.19. The van der Waals surface area contributed by atoms with Gasteiger partial charge in [-0.25, -0.2) is 0 Å². The van der Waals surface area contributed by atoms with Crippen molar-refractivity contribution in [3.8, 4) is 0 Å². The van der Waals surface area contributed by atoms with Crippen LogP contribution in [0.15, 0.2) is 42.5 Å². The maximum atomic E-state index is 6.07. The molecular formula is C16H22O. The van der Waals surface area contributed by atoms with Crippen LogP contribution in [0.4, 0.5) is 0 Å². The second-order valence-electron chi connectivity index (χ2n) is 4.97. The number of aryl methyl sites for hydroxylation is 1.